The van der Waals surface area contributed by atoms with Gasteiger partial charge in [-0.3, -0.25) is 4.79 Å². The summed E-state index contributed by atoms with van der Waals surface area (Å²) >= 11 is 1.27. The van der Waals surface area contributed by atoms with E-state index in [9.17, 15) is 4.79 Å². The van der Waals surface area contributed by atoms with E-state index in [0.29, 0.717) is 26.7 Å². The molecule has 0 atom stereocenters. The van der Waals surface area contributed by atoms with Gasteiger partial charge < -0.3 is 16.0 Å². The molecule has 0 aliphatic carbocycles. The second-order valence-electron chi connectivity index (χ2n) is 4.95. The number of hydrogen-bond donors (Lipinski definition) is 2. The first-order valence-electron chi connectivity index (χ1n) is 6.65. The van der Waals surface area contributed by atoms with Gasteiger partial charge in [0.15, 0.2) is 0 Å². The summed E-state index contributed by atoms with van der Waals surface area (Å²) in [5, 5.41) is 3.53. The number of carbonyl (C=O) groups is 1. The molecule has 3 rings (SSSR count). The SMILES string of the molecule is CN(C)c1ncc2c(N)c(C(=O)Nc3ccccc3)sc2n1. The highest BCUT2D eigenvalue weighted by atomic mass is 32.1. The third-order valence-electron chi connectivity index (χ3n) is 3.11. The van der Waals surface area contributed by atoms with E-state index in [4.69, 9.17) is 5.73 Å². The second-order valence-corrected chi connectivity index (χ2v) is 5.95. The van der Waals surface area contributed by atoms with Crippen molar-refractivity contribution in [1.29, 1.82) is 0 Å². The molecule has 0 saturated heterocycles. The number of nitrogens with zero attached hydrogens (tertiary/aromatic N) is 3. The Bertz CT molecular complexity index is 829. The van der Waals surface area contributed by atoms with Crippen LogP contribution in [0.15, 0.2) is 36.5 Å². The normalized spacial score (nSPS) is 10.6. The van der Waals surface area contributed by atoms with Crippen LogP contribution in [0.25, 0.3) is 10.2 Å². The van der Waals surface area contributed by atoms with Crippen LogP contribution in [0.2, 0.25) is 0 Å². The standard InChI is InChI=1S/C15H15N5OS/c1-20(2)15-17-8-10-11(16)12(22-14(10)19-15)13(21)18-9-6-4-3-5-7-9/h3-8H,16H2,1-2H3,(H,18,21). The van der Waals surface area contributed by atoms with Gasteiger partial charge in [-0.1, -0.05) is 18.2 Å². The summed E-state index contributed by atoms with van der Waals surface area (Å²) in [5.74, 6) is 0.349. The van der Waals surface area contributed by atoms with Gasteiger partial charge in [0.25, 0.3) is 5.91 Å². The van der Waals surface area contributed by atoms with Gasteiger partial charge in [0.1, 0.15) is 9.71 Å². The average Bonchev–Trinajstić information content (AvgIpc) is 2.85. The molecule has 0 saturated carbocycles. The highest BCUT2D eigenvalue weighted by molar-refractivity contribution is 7.21. The second kappa shape index (κ2) is 5.61. The maximum absolute atomic E-state index is 12.4. The van der Waals surface area contributed by atoms with Crippen LogP contribution in [0.3, 0.4) is 0 Å². The molecule has 7 heteroatoms. The number of para-hydroxylation sites is 1. The first-order valence-corrected chi connectivity index (χ1v) is 7.46. The van der Waals surface area contributed by atoms with Gasteiger partial charge in [-0.2, -0.15) is 0 Å². The van der Waals surface area contributed by atoms with E-state index in [1.807, 2.05) is 44.4 Å². The summed E-state index contributed by atoms with van der Waals surface area (Å²) in [6, 6.07) is 9.26. The van der Waals surface area contributed by atoms with Gasteiger partial charge in [0.05, 0.1) is 11.1 Å². The summed E-state index contributed by atoms with van der Waals surface area (Å²) in [6.07, 6.45) is 1.66. The van der Waals surface area contributed by atoms with Crippen molar-refractivity contribution in [1.82, 2.24) is 9.97 Å². The van der Waals surface area contributed by atoms with Crippen molar-refractivity contribution < 1.29 is 4.79 Å². The minimum absolute atomic E-state index is 0.238. The van der Waals surface area contributed by atoms with Crippen molar-refractivity contribution in [2.75, 3.05) is 30.0 Å². The Morgan fingerprint density at radius 1 is 1.27 bits per heavy atom. The fourth-order valence-corrected chi connectivity index (χ4v) is 2.94. The van der Waals surface area contributed by atoms with Crippen LogP contribution in [0.1, 0.15) is 9.67 Å². The van der Waals surface area contributed by atoms with Crippen LogP contribution in [0.4, 0.5) is 17.3 Å². The van der Waals surface area contributed by atoms with Crippen molar-refractivity contribution in [2.24, 2.45) is 0 Å². The molecule has 0 aliphatic rings. The monoisotopic (exact) mass is 313 g/mol. The number of fused-ring (bicyclic) bond motifs is 1. The first-order chi connectivity index (χ1) is 10.6. The minimum atomic E-state index is -0.238. The molecule has 2 aromatic heterocycles. The third kappa shape index (κ3) is 2.58. The molecule has 3 aromatic rings. The number of benzene rings is 1. The Morgan fingerprint density at radius 2 is 2.00 bits per heavy atom. The number of aromatic nitrogens is 2. The number of nitrogen functional groups attached to an aromatic ring is 1. The number of amides is 1. The number of hydrogen-bond acceptors (Lipinski definition) is 6. The first kappa shape index (κ1) is 14.3. The maximum atomic E-state index is 12.4. The van der Waals surface area contributed by atoms with Crippen LogP contribution >= 0.6 is 11.3 Å². The predicted octanol–water partition coefficient (Wildman–Crippen LogP) is 2.59. The molecule has 22 heavy (non-hydrogen) atoms. The number of nitrogens with one attached hydrogen (secondary N) is 1. The number of nitrogens with two attached hydrogens (primary N) is 1. The molecule has 112 valence electrons. The summed E-state index contributed by atoms with van der Waals surface area (Å²) in [6.45, 7) is 0. The molecule has 0 fully saturated rings. The van der Waals surface area contributed by atoms with Crippen LogP contribution in [-0.2, 0) is 0 Å². The van der Waals surface area contributed by atoms with Crippen LogP contribution in [0.5, 0.6) is 0 Å². The Morgan fingerprint density at radius 3 is 2.68 bits per heavy atom. The Labute approximate surface area is 131 Å². The van der Waals surface area contributed by atoms with E-state index in [1.165, 1.54) is 11.3 Å². The molecular weight excluding hydrogens is 298 g/mol. The molecule has 0 spiro atoms. The number of anilines is 3. The van der Waals surface area contributed by atoms with E-state index < -0.39 is 0 Å². The van der Waals surface area contributed by atoms with Gasteiger partial charge in [-0.15, -0.1) is 11.3 Å². The fraction of sp³-hybridized carbons (Fsp3) is 0.133. The van der Waals surface area contributed by atoms with Crippen molar-refractivity contribution in [3.8, 4) is 0 Å². The number of thiophene rings is 1. The van der Waals surface area contributed by atoms with Gasteiger partial charge in [-0.05, 0) is 12.1 Å². The van der Waals surface area contributed by atoms with Crippen molar-refractivity contribution >= 4 is 44.8 Å². The fourth-order valence-electron chi connectivity index (χ4n) is 1.99. The molecule has 6 nitrogen and oxygen atoms in total. The molecule has 1 aromatic carbocycles. The Kier molecular flexibility index (Phi) is 3.64. The van der Waals surface area contributed by atoms with Gasteiger partial charge >= 0.3 is 0 Å². The van der Waals surface area contributed by atoms with E-state index in [-0.39, 0.29) is 5.91 Å². The lowest BCUT2D eigenvalue weighted by atomic mass is 10.2. The maximum Gasteiger partial charge on any atom is 0.267 e. The van der Waals surface area contributed by atoms with Crippen molar-refractivity contribution in [3.63, 3.8) is 0 Å². The van der Waals surface area contributed by atoms with E-state index in [2.05, 4.69) is 15.3 Å². The van der Waals surface area contributed by atoms with E-state index >= 15 is 0 Å². The van der Waals surface area contributed by atoms with Crippen LogP contribution in [-0.4, -0.2) is 30.0 Å². The van der Waals surface area contributed by atoms with E-state index in [1.54, 1.807) is 11.1 Å². The topological polar surface area (TPSA) is 84.1 Å². The molecule has 3 N–H and O–H groups in total. The summed E-state index contributed by atoms with van der Waals surface area (Å²) < 4.78 is 0. The van der Waals surface area contributed by atoms with E-state index in [0.717, 1.165) is 5.69 Å². The zero-order valence-corrected chi connectivity index (χ0v) is 13.0. The predicted molar refractivity (Wildman–Crippen MR) is 90.5 cm³/mol. The zero-order chi connectivity index (χ0) is 15.7. The molecular formula is C15H15N5OS. The summed E-state index contributed by atoms with van der Waals surface area (Å²) in [5.41, 5.74) is 7.22. The zero-order valence-electron chi connectivity index (χ0n) is 12.2. The Hall–Kier alpha value is -2.67. The summed E-state index contributed by atoms with van der Waals surface area (Å²) in [7, 11) is 3.72. The highest BCUT2D eigenvalue weighted by Crippen LogP contribution is 2.33. The number of rotatable bonds is 3. The quantitative estimate of drug-likeness (QED) is 0.776. The third-order valence-corrected chi connectivity index (χ3v) is 4.23. The van der Waals surface area contributed by atoms with Crippen molar-refractivity contribution in [2.45, 2.75) is 0 Å². The lowest BCUT2D eigenvalue weighted by Crippen LogP contribution is -2.12. The van der Waals surface area contributed by atoms with Gasteiger partial charge in [-0.25, -0.2) is 9.97 Å². The van der Waals surface area contributed by atoms with Crippen LogP contribution < -0.4 is 16.0 Å². The molecule has 0 aliphatic heterocycles. The van der Waals surface area contributed by atoms with Crippen LogP contribution in [0, 0.1) is 0 Å². The lowest BCUT2D eigenvalue weighted by molar-refractivity contribution is 0.103. The smallest absolute Gasteiger partial charge is 0.267 e. The number of carbonyl (C=O) groups excluding carboxylic acids is 1. The lowest BCUT2D eigenvalue weighted by Gasteiger charge is -2.08. The molecule has 0 bridgehead atoms. The van der Waals surface area contributed by atoms with Gasteiger partial charge in [0.2, 0.25) is 5.95 Å². The van der Waals surface area contributed by atoms with Gasteiger partial charge in [0, 0.05) is 26.0 Å². The average molecular weight is 313 g/mol. The largest absolute Gasteiger partial charge is 0.397 e. The summed E-state index contributed by atoms with van der Waals surface area (Å²) in [4.78, 5) is 24.0. The van der Waals surface area contributed by atoms with Crippen molar-refractivity contribution in [3.05, 3.63) is 41.4 Å². The minimum Gasteiger partial charge on any atom is -0.397 e. The highest BCUT2D eigenvalue weighted by Gasteiger charge is 2.18. The molecule has 1 amide bonds. The molecule has 0 unspecified atom stereocenters. The Balaban J connectivity index is 1.96. The molecule has 2 heterocycles. The molecule has 0 radical (unpaired) electrons.